The van der Waals surface area contributed by atoms with Crippen LogP contribution >= 0.6 is 0 Å². The number of aryl methyl sites for hydroxylation is 1. The molecular weight excluding hydrogens is 568 g/mol. The van der Waals surface area contributed by atoms with Crippen LogP contribution in [0.15, 0.2) is 91.0 Å². The molecule has 0 aliphatic rings. The number of carbonyl (C=O) groups is 1. The molecule has 0 aliphatic carbocycles. The van der Waals surface area contributed by atoms with Crippen LogP contribution in [0.4, 0.5) is 34.4 Å². The van der Waals surface area contributed by atoms with E-state index >= 15 is 0 Å². The summed E-state index contributed by atoms with van der Waals surface area (Å²) < 4.78 is 37.4. The zero-order valence-electron chi connectivity index (χ0n) is 23.7. The molecule has 0 unspecified atom stereocenters. The summed E-state index contributed by atoms with van der Waals surface area (Å²) in [7, 11) is -0.166. The minimum atomic E-state index is -3.24. The van der Waals surface area contributed by atoms with Crippen molar-refractivity contribution in [1.29, 1.82) is 0 Å². The number of rotatable bonds is 11. The zero-order valence-corrected chi connectivity index (χ0v) is 24.6. The summed E-state index contributed by atoms with van der Waals surface area (Å²) in [6.45, 7) is 2.02. The van der Waals surface area contributed by atoms with Crippen molar-refractivity contribution in [2.24, 2.45) is 0 Å². The van der Waals surface area contributed by atoms with Crippen molar-refractivity contribution in [2.75, 3.05) is 41.0 Å². The summed E-state index contributed by atoms with van der Waals surface area (Å²) in [5.41, 5.74) is 4.21. The predicted molar refractivity (Wildman–Crippen MR) is 170 cm³/mol. The van der Waals surface area contributed by atoms with Gasteiger partial charge in [-0.2, -0.15) is 0 Å². The van der Waals surface area contributed by atoms with Gasteiger partial charge in [-0.25, -0.2) is 22.7 Å². The third-order valence-corrected chi connectivity index (χ3v) is 7.16. The van der Waals surface area contributed by atoms with Gasteiger partial charge in [0.15, 0.2) is 11.6 Å². The van der Waals surface area contributed by atoms with Crippen LogP contribution in [0, 0.1) is 6.92 Å². The van der Waals surface area contributed by atoms with Crippen LogP contribution in [0.1, 0.15) is 5.56 Å². The predicted octanol–water partition coefficient (Wildman–Crippen LogP) is 5.41. The van der Waals surface area contributed by atoms with E-state index in [1.165, 1.54) is 14.2 Å². The summed E-state index contributed by atoms with van der Waals surface area (Å²) in [4.78, 5) is 22.1. The number of aromatic nitrogens is 2. The molecule has 5 rings (SSSR count). The number of hydrogen-bond donors (Lipinski definition) is 4. The number of thiol groups is 1. The van der Waals surface area contributed by atoms with Crippen molar-refractivity contribution in [3.8, 4) is 11.5 Å². The van der Waals surface area contributed by atoms with Crippen molar-refractivity contribution >= 4 is 62.2 Å². The van der Waals surface area contributed by atoms with Crippen molar-refractivity contribution in [3.05, 3.63) is 96.6 Å². The highest BCUT2D eigenvalue weighted by Crippen LogP contribution is 2.35. The summed E-state index contributed by atoms with van der Waals surface area (Å²) >= 11 is 0. The summed E-state index contributed by atoms with van der Waals surface area (Å²) in [5, 5.41) is 9.07. The topological polar surface area (TPSA) is 135 Å². The molecule has 11 nitrogen and oxygen atoms in total. The molecule has 0 fully saturated rings. The van der Waals surface area contributed by atoms with Gasteiger partial charge in [-0.1, -0.05) is 35.9 Å². The van der Waals surface area contributed by atoms with E-state index in [1.54, 1.807) is 60.7 Å². The fourth-order valence-corrected chi connectivity index (χ4v) is 4.91. The average molecular weight is 599 g/mol. The molecule has 1 amide bonds. The molecule has 5 aromatic rings. The molecule has 0 radical (unpaired) electrons. The number of para-hydroxylation sites is 2. The molecule has 12 heteroatoms. The van der Waals surface area contributed by atoms with E-state index in [1.807, 2.05) is 37.3 Å². The molecule has 0 atom stereocenters. The fraction of sp³-hybridized carbons (Fsp3) is 0.129. The Hall–Kier alpha value is -5.36. The molecule has 0 aliphatic heterocycles. The first-order valence-electron chi connectivity index (χ1n) is 13.2. The zero-order chi connectivity index (χ0) is 30.3. The van der Waals surface area contributed by atoms with E-state index in [4.69, 9.17) is 14.5 Å². The van der Waals surface area contributed by atoms with Crippen LogP contribution in [-0.4, -0.2) is 45.1 Å². The SMILES string of the molecule is COc1cc(Nc2nc3ccccc3nc2N(c2cccc(NC(=O)CNc3ccc(C)cc3)c2)[SH](=O)=O)cc(OC)c1. The van der Waals surface area contributed by atoms with E-state index in [2.05, 4.69) is 20.9 Å². The van der Waals surface area contributed by atoms with E-state index in [0.29, 0.717) is 33.9 Å². The number of nitrogens with one attached hydrogen (secondary N) is 3. The number of hydrogen-bond acceptors (Lipinski definition) is 9. The minimum Gasteiger partial charge on any atom is -0.497 e. The summed E-state index contributed by atoms with van der Waals surface area (Å²) in [6, 6.07) is 26.5. The maximum atomic E-state index is 12.8. The Labute approximate surface area is 250 Å². The minimum absolute atomic E-state index is 0.0288. The van der Waals surface area contributed by atoms with Crippen LogP contribution < -0.4 is 29.7 Å². The first-order valence-corrected chi connectivity index (χ1v) is 14.4. The maximum Gasteiger partial charge on any atom is 0.243 e. The third-order valence-electron chi connectivity index (χ3n) is 6.41. The van der Waals surface area contributed by atoms with Gasteiger partial charge in [-0.05, 0) is 49.4 Å². The van der Waals surface area contributed by atoms with Gasteiger partial charge in [0.2, 0.25) is 16.8 Å². The molecule has 43 heavy (non-hydrogen) atoms. The molecule has 0 spiro atoms. The number of carbonyl (C=O) groups excluding carboxylic acids is 1. The van der Waals surface area contributed by atoms with Crippen molar-refractivity contribution in [3.63, 3.8) is 0 Å². The second kappa shape index (κ2) is 13.1. The highest BCUT2D eigenvalue weighted by atomic mass is 32.2. The van der Waals surface area contributed by atoms with Crippen LogP contribution in [0.5, 0.6) is 11.5 Å². The van der Waals surface area contributed by atoms with Crippen molar-refractivity contribution in [2.45, 2.75) is 6.92 Å². The number of methoxy groups -OCH3 is 2. The van der Waals surface area contributed by atoms with Gasteiger partial charge in [0.05, 0.1) is 37.5 Å². The lowest BCUT2D eigenvalue weighted by atomic mass is 10.2. The molecule has 4 aromatic carbocycles. The largest absolute Gasteiger partial charge is 0.497 e. The van der Waals surface area contributed by atoms with Gasteiger partial charge in [0, 0.05) is 35.3 Å². The fourth-order valence-electron chi connectivity index (χ4n) is 4.31. The molecule has 1 heterocycles. The number of amides is 1. The molecular formula is C31H30N6O5S. The van der Waals surface area contributed by atoms with Gasteiger partial charge in [0.25, 0.3) is 0 Å². The van der Waals surface area contributed by atoms with Gasteiger partial charge in [-0.3, -0.25) is 4.79 Å². The third kappa shape index (κ3) is 7.11. The maximum absolute atomic E-state index is 12.8. The number of benzene rings is 4. The summed E-state index contributed by atoms with van der Waals surface area (Å²) in [5.74, 6) is 0.995. The standard InChI is InChI=1S/C31H30N6O5S/c1-20-11-13-21(14-12-20)32-19-29(38)33-22-7-6-8-24(15-22)37(43(39)40)31-30(35-27-9-4-5-10-28(27)36-31)34-23-16-25(41-2)18-26(17-23)42-3/h4-18,32,43H,19H2,1-3H3,(H,33,38)(H,34,35). The normalized spacial score (nSPS) is 10.8. The molecule has 1 aromatic heterocycles. The van der Waals surface area contributed by atoms with Gasteiger partial charge >= 0.3 is 0 Å². The molecule has 0 bridgehead atoms. The Morgan fingerprint density at radius 3 is 2.12 bits per heavy atom. The Morgan fingerprint density at radius 1 is 0.791 bits per heavy atom. The lowest BCUT2D eigenvalue weighted by Gasteiger charge is -2.21. The molecule has 3 N–H and O–H groups in total. The van der Waals surface area contributed by atoms with E-state index in [9.17, 15) is 13.2 Å². The quantitative estimate of drug-likeness (QED) is 0.147. The van der Waals surface area contributed by atoms with Crippen molar-refractivity contribution in [1.82, 2.24) is 9.97 Å². The van der Waals surface area contributed by atoms with Crippen LogP contribution in [-0.2, 0) is 15.7 Å². The Bertz CT molecular complexity index is 1820. The molecule has 0 saturated heterocycles. The lowest BCUT2D eigenvalue weighted by molar-refractivity contribution is -0.114. The van der Waals surface area contributed by atoms with E-state index in [0.717, 1.165) is 15.6 Å². The first-order chi connectivity index (χ1) is 20.8. The Morgan fingerprint density at radius 2 is 1.47 bits per heavy atom. The van der Waals surface area contributed by atoms with E-state index in [-0.39, 0.29) is 29.8 Å². The number of fused-ring (bicyclic) bond motifs is 1. The van der Waals surface area contributed by atoms with Crippen molar-refractivity contribution < 1.29 is 22.7 Å². The highest BCUT2D eigenvalue weighted by molar-refractivity contribution is 7.74. The number of ether oxygens (including phenoxy) is 2. The van der Waals surface area contributed by atoms with Crippen LogP contribution in [0.25, 0.3) is 11.0 Å². The smallest absolute Gasteiger partial charge is 0.243 e. The average Bonchev–Trinajstić information content (AvgIpc) is 3.01. The number of anilines is 6. The van der Waals surface area contributed by atoms with Gasteiger partial charge < -0.3 is 25.4 Å². The van der Waals surface area contributed by atoms with E-state index < -0.39 is 10.9 Å². The number of nitrogens with zero attached hydrogens (tertiary/aromatic N) is 3. The van der Waals surface area contributed by atoms with Gasteiger partial charge in [0.1, 0.15) is 11.5 Å². The lowest BCUT2D eigenvalue weighted by Crippen LogP contribution is -2.22. The Kier molecular flexibility index (Phi) is 8.87. The second-order valence-corrected chi connectivity index (χ2v) is 10.4. The van der Waals surface area contributed by atoms with Crippen LogP contribution in [0.2, 0.25) is 0 Å². The monoisotopic (exact) mass is 598 g/mol. The molecule has 0 saturated carbocycles. The van der Waals surface area contributed by atoms with Crippen LogP contribution in [0.3, 0.4) is 0 Å². The Balaban J connectivity index is 1.47. The second-order valence-electron chi connectivity index (χ2n) is 9.48. The first kappa shape index (κ1) is 29.1. The molecule has 220 valence electrons. The highest BCUT2D eigenvalue weighted by Gasteiger charge is 2.21. The van der Waals surface area contributed by atoms with Gasteiger partial charge in [-0.15, -0.1) is 0 Å². The summed E-state index contributed by atoms with van der Waals surface area (Å²) in [6.07, 6.45) is 0.